The van der Waals surface area contributed by atoms with Gasteiger partial charge in [0.15, 0.2) is 0 Å². The highest BCUT2D eigenvalue weighted by Crippen LogP contribution is 2.35. The molecule has 0 aromatic heterocycles. The van der Waals surface area contributed by atoms with E-state index >= 15 is 0 Å². The van der Waals surface area contributed by atoms with E-state index in [2.05, 4.69) is 53.5 Å². The monoisotopic (exact) mass is 378 g/mol. The fraction of sp³-hybridized carbons (Fsp3) is 0.458. The number of rotatable bonds is 6. The van der Waals surface area contributed by atoms with Gasteiger partial charge in [-0.3, -0.25) is 4.79 Å². The Balaban J connectivity index is 1.36. The number of fused-ring (bicyclic) bond motifs is 1. The summed E-state index contributed by atoms with van der Waals surface area (Å²) in [6.45, 7) is 5.25. The zero-order valence-electron chi connectivity index (χ0n) is 16.7. The molecular formula is C24H30N2O2. The Bertz CT molecular complexity index is 799. The number of hydrogen-bond donors (Lipinski definition) is 1. The molecule has 2 aromatic carbocycles. The number of nitrogens with zero attached hydrogens (tertiary/aromatic N) is 1. The molecule has 1 fully saturated rings. The number of para-hydroxylation sites is 1. The van der Waals surface area contributed by atoms with Crippen LogP contribution in [0.15, 0.2) is 54.6 Å². The highest BCUT2D eigenvalue weighted by Gasteiger charge is 2.41. The number of carbonyl (C=O) groups is 1. The molecule has 1 atom stereocenters. The Kier molecular flexibility index (Phi) is 5.67. The van der Waals surface area contributed by atoms with E-state index in [4.69, 9.17) is 4.74 Å². The van der Waals surface area contributed by atoms with Crippen LogP contribution in [0, 0.1) is 0 Å². The Morgan fingerprint density at radius 2 is 1.82 bits per heavy atom. The summed E-state index contributed by atoms with van der Waals surface area (Å²) in [5, 5.41) is 3.23. The van der Waals surface area contributed by atoms with Crippen LogP contribution in [0.2, 0.25) is 0 Å². The van der Waals surface area contributed by atoms with Crippen LogP contribution >= 0.6 is 0 Å². The van der Waals surface area contributed by atoms with E-state index in [1.54, 1.807) is 0 Å². The summed E-state index contributed by atoms with van der Waals surface area (Å²) in [6, 6.07) is 19.4. The molecule has 28 heavy (non-hydrogen) atoms. The van der Waals surface area contributed by atoms with Crippen LogP contribution in [0.4, 0.5) is 5.69 Å². The van der Waals surface area contributed by atoms with E-state index in [9.17, 15) is 4.79 Å². The zero-order valence-corrected chi connectivity index (χ0v) is 16.7. The summed E-state index contributed by atoms with van der Waals surface area (Å²) in [5.74, 6) is 0.150. The molecule has 0 radical (unpaired) electrons. The molecule has 2 heterocycles. The Labute approximate surface area is 167 Å². The smallest absolute Gasteiger partial charge is 0.230 e. The third kappa shape index (κ3) is 3.66. The second-order valence-electron chi connectivity index (χ2n) is 8.05. The minimum atomic E-state index is -0.451. The Hall–Kier alpha value is -2.33. The largest absolute Gasteiger partial charge is 0.381 e. The molecular weight excluding hydrogens is 348 g/mol. The van der Waals surface area contributed by atoms with Gasteiger partial charge in [0, 0.05) is 38.0 Å². The number of amides is 1. The predicted octanol–water partition coefficient (Wildman–Crippen LogP) is 3.69. The lowest BCUT2D eigenvalue weighted by Crippen LogP contribution is -2.48. The van der Waals surface area contributed by atoms with Crippen LogP contribution in [-0.2, 0) is 21.4 Å². The third-order valence-corrected chi connectivity index (χ3v) is 6.32. The molecule has 1 saturated heterocycles. The van der Waals surface area contributed by atoms with Gasteiger partial charge in [0.25, 0.3) is 0 Å². The van der Waals surface area contributed by atoms with Gasteiger partial charge in [-0.1, -0.05) is 48.5 Å². The summed E-state index contributed by atoms with van der Waals surface area (Å²) in [5.41, 5.74) is 3.45. The van der Waals surface area contributed by atoms with Crippen molar-refractivity contribution >= 4 is 11.6 Å². The average molecular weight is 379 g/mol. The van der Waals surface area contributed by atoms with E-state index in [-0.39, 0.29) is 5.91 Å². The van der Waals surface area contributed by atoms with Crippen molar-refractivity contribution in [2.24, 2.45) is 0 Å². The van der Waals surface area contributed by atoms with E-state index in [1.165, 1.54) is 11.3 Å². The summed E-state index contributed by atoms with van der Waals surface area (Å²) >= 11 is 0. The van der Waals surface area contributed by atoms with Gasteiger partial charge in [-0.25, -0.2) is 0 Å². The SMILES string of the molecule is CC1Cc2ccccc2N1CCCNC(=O)C1(c2ccccc2)CCOCC1. The summed E-state index contributed by atoms with van der Waals surface area (Å²) in [7, 11) is 0. The summed E-state index contributed by atoms with van der Waals surface area (Å²) < 4.78 is 5.55. The van der Waals surface area contributed by atoms with E-state index in [1.807, 2.05) is 18.2 Å². The second kappa shape index (κ2) is 8.36. The quantitative estimate of drug-likeness (QED) is 0.780. The molecule has 148 valence electrons. The van der Waals surface area contributed by atoms with Crippen molar-refractivity contribution in [2.75, 3.05) is 31.2 Å². The van der Waals surface area contributed by atoms with Crippen molar-refractivity contribution in [3.05, 3.63) is 65.7 Å². The molecule has 4 nitrogen and oxygen atoms in total. The molecule has 0 bridgehead atoms. The minimum Gasteiger partial charge on any atom is -0.381 e. The molecule has 2 aliphatic heterocycles. The molecule has 0 saturated carbocycles. The van der Waals surface area contributed by atoms with Crippen molar-refractivity contribution in [1.29, 1.82) is 0 Å². The summed E-state index contributed by atoms with van der Waals surface area (Å²) in [6.07, 6.45) is 3.56. The van der Waals surface area contributed by atoms with Crippen LogP contribution in [0.3, 0.4) is 0 Å². The molecule has 0 aliphatic carbocycles. The first-order valence-corrected chi connectivity index (χ1v) is 10.5. The van der Waals surface area contributed by atoms with Gasteiger partial charge in [0.2, 0.25) is 5.91 Å². The lowest BCUT2D eigenvalue weighted by Gasteiger charge is -2.36. The standard InChI is InChI=1S/C24H30N2O2/c1-19-18-20-8-5-6-11-22(20)26(19)15-7-14-25-23(27)24(12-16-28-17-13-24)21-9-3-2-4-10-21/h2-6,8-11,19H,7,12-18H2,1H3,(H,25,27). The maximum atomic E-state index is 13.2. The van der Waals surface area contributed by atoms with Crippen LogP contribution in [-0.4, -0.2) is 38.3 Å². The predicted molar refractivity (Wildman–Crippen MR) is 113 cm³/mol. The van der Waals surface area contributed by atoms with E-state index < -0.39 is 5.41 Å². The second-order valence-corrected chi connectivity index (χ2v) is 8.05. The van der Waals surface area contributed by atoms with Gasteiger partial charge in [-0.15, -0.1) is 0 Å². The van der Waals surface area contributed by atoms with Crippen LogP contribution in [0.1, 0.15) is 37.3 Å². The zero-order chi connectivity index (χ0) is 19.4. The first-order chi connectivity index (χ1) is 13.7. The molecule has 1 unspecified atom stereocenters. The van der Waals surface area contributed by atoms with E-state index in [0.717, 1.165) is 37.8 Å². The number of anilines is 1. The molecule has 1 N–H and O–H groups in total. The normalized spacial score (nSPS) is 20.6. The lowest BCUT2D eigenvalue weighted by atomic mass is 9.73. The van der Waals surface area contributed by atoms with Gasteiger partial charge in [-0.2, -0.15) is 0 Å². The van der Waals surface area contributed by atoms with Crippen molar-refractivity contribution in [2.45, 2.75) is 44.1 Å². The fourth-order valence-electron chi connectivity index (χ4n) is 4.71. The highest BCUT2D eigenvalue weighted by molar-refractivity contribution is 5.88. The lowest BCUT2D eigenvalue weighted by molar-refractivity contribution is -0.130. The van der Waals surface area contributed by atoms with Gasteiger partial charge in [0.1, 0.15) is 0 Å². The topological polar surface area (TPSA) is 41.6 Å². The number of hydrogen-bond acceptors (Lipinski definition) is 3. The van der Waals surface area contributed by atoms with Gasteiger partial charge in [-0.05, 0) is 49.8 Å². The minimum absolute atomic E-state index is 0.150. The summed E-state index contributed by atoms with van der Waals surface area (Å²) in [4.78, 5) is 15.7. The first kappa shape index (κ1) is 19.0. The van der Waals surface area contributed by atoms with E-state index in [0.29, 0.717) is 25.8 Å². The van der Waals surface area contributed by atoms with Crippen LogP contribution < -0.4 is 10.2 Å². The number of carbonyl (C=O) groups excluding carboxylic acids is 1. The molecule has 4 heteroatoms. The molecule has 2 aliphatic rings. The number of benzene rings is 2. The van der Waals surface area contributed by atoms with Crippen molar-refractivity contribution < 1.29 is 9.53 Å². The average Bonchev–Trinajstić information content (AvgIpc) is 3.07. The van der Waals surface area contributed by atoms with Crippen molar-refractivity contribution in [3.8, 4) is 0 Å². The van der Waals surface area contributed by atoms with Gasteiger partial charge in [0.05, 0.1) is 5.41 Å². The van der Waals surface area contributed by atoms with Gasteiger partial charge < -0.3 is 15.0 Å². The first-order valence-electron chi connectivity index (χ1n) is 10.5. The van der Waals surface area contributed by atoms with Crippen LogP contribution in [0.5, 0.6) is 0 Å². The molecule has 4 rings (SSSR count). The molecule has 1 amide bonds. The van der Waals surface area contributed by atoms with Crippen molar-refractivity contribution in [1.82, 2.24) is 5.32 Å². The van der Waals surface area contributed by atoms with Crippen molar-refractivity contribution in [3.63, 3.8) is 0 Å². The van der Waals surface area contributed by atoms with Crippen LogP contribution in [0.25, 0.3) is 0 Å². The molecule has 0 spiro atoms. The van der Waals surface area contributed by atoms with Gasteiger partial charge >= 0.3 is 0 Å². The maximum absolute atomic E-state index is 13.2. The fourth-order valence-corrected chi connectivity index (χ4v) is 4.71. The third-order valence-electron chi connectivity index (χ3n) is 6.32. The number of ether oxygens (including phenoxy) is 1. The Morgan fingerprint density at radius 3 is 2.61 bits per heavy atom. The number of nitrogens with one attached hydrogen (secondary N) is 1. The Morgan fingerprint density at radius 1 is 1.11 bits per heavy atom. The molecule has 2 aromatic rings. The maximum Gasteiger partial charge on any atom is 0.230 e. The highest BCUT2D eigenvalue weighted by atomic mass is 16.5.